The third-order valence-electron chi connectivity index (χ3n) is 13.6. The fraction of sp³-hybridized carbons (Fsp3) is 0.875. The fourth-order valence-corrected chi connectivity index (χ4v) is 10.9. The van der Waals surface area contributed by atoms with Gasteiger partial charge in [-0.15, -0.1) is 0 Å². The Bertz CT molecular complexity index is 1050. The molecule has 214 valence electrons. The first-order valence-corrected chi connectivity index (χ1v) is 15.1. The van der Waals surface area contributed by atoms with Gasteiger partial charge in [0.15, 0.2) is 5.78 Å². The quantitative estimate of drug-likeness (QED) is 0.329. The molecular formula is C32H51NO5. The van der Waals surface area contributed by atoms with Gasteiger partial charge in [0.25, 0.3) is 5.91 Å². The molecule has 0 aliphatic heterocycles. The van der Waals surface area contributed by atoms with Gasteiger partial charge in [-0.25, -0.2) is 5.06 Å². The van der Waals surface area contributed by atoms with Crippen molar-refractivity contribution in [2.45, 2.75) is 112 Å². The molecule has 1 unspecified atom stereocenters. The second-order valence-corrected chi connectivity index (χ2v) is 15.8. The van der Waals surface area contributed by atoms with Crippen LogP contribution in [0.1, 0.15) is 106 Å². The van der Waals surface area contributed by atoms with Gasteiger partial charge < -0.3 is 10.2 Å². The van der Waals surface area contributed by atoms with Crippen LogP contribution in [0.4, 0.5) is 0 Å². The molecule has 0 heterocycles. The molecule has 0 aromatic rings. The topological polar surface area (TPSA) is 98.1 Å². The molecule has 6 nitrogen and oxygen atoms in total. The Balaban J connectivity index is 1.56. The van der Waals surface area contributed by atoms with Gasteiger partial charge in [-0.1, -0.05) is 54.0 Å². The fourth-order valence-electron chi connectivity index (χ4n) is 10.9. The van der Waals surface area contributed by atoms with E-state index in [0.717, 1.165) is 44.9 Å². The minimum absolute atomic E-state index is 0.0317. The number of ketones is 1. The number of nitrogens with zero attached hydrogens (tertiary/aromatic N) is 1. The first-order valence-electron chi connectivity index (χ1n) is 15.1. The molecule has 0 aromatic carbocycles. The maximum absolute atomic E-state index is 14.4. The zero-order valence-electron chi connectivity index (χ0n) is 24.8. The van der Waals surface area contributed by atoms with E-state index in [1.165, 1.54) is 5.57 Å². The van der Waals surface area contributed by atoms with Crippen molar-refractivity contribution in [1.82, 2.24) is 5.06 Å². The van der Waals surface area contributed by atoms with E-state index in [1.807, 2.05) is 13.0 Å². The molecule has 1 amide bonds. The second kappa shape index (κ2) is 8.63. The molecule has 3 N–H and O–H groups in total. The zero-order valence-corrected chi connectivity index (χ0v) is 24.8. The molecule has 5 aliphatic rings. The summed E-state index contributed by atoms with van der Waals surface area (Å²) >= 11 is 0. The van der Waals surface area contributed by atoms with Gasteiger partial charge in [0.2, 0.25) is 0 Å². The number of aliphatic hydroxyl groups excluding tert-OH is 2. The number of aliphatic hydroxyl groups is 2. The zero-order chi connectivity index (χ0) is 28.1. The lowest BCUT2D eigenvalue weighted by atomic mass is 9.33. The molecule has 4 saturated carbocycles. The summed E-state index contributed by atoms with van der Waals surface area (Å²) in [5, 5.41) is 31.3. The number of hydrogen-bond donors (Lipinski definition) is 3. The Hall–Kier alpha value is -1.24. The predicted molar refractivity (Wildman–Crippen MR) is 146 cm³/mol. The highest BCUT2D eigenvalue weighted by Gasteiger charge is 2.70. The molecule has 0 aromatic heterocycles. The van der Waals surface area contributed by atoms with Crippen LogP contribution >= 0.6 is 0 Å². The number of hydrogen-bond acceptors (Lipinski definition) is 5. The number of fused-ring (bicyclic) bond motifs is 7. The van der Waals surface area contributed by atoms with Gasteiger partial charge in [0.05, 0.1) is 19.3 Å². The van der Waals surface area contributed by atoms with Crippen molar-refractivity contribution in [3.63, 3.8) is 0 Å². The van der Waals surface area contributed by atoms with Crippen LogP contribution in [-0.4, -0.2) is 51.4 Å². The Morgan fingerprint density at radius 1 is 0.974 bits per heavy atom. The second-order valence-electron chi connectivity index (χ2n) is 15.8. The lowest BCUT2D eigenvalue weighted by Gasteiger charge is -2.70. The van der Waals surface area contributed by atoms with E-state index in [9.17, 15) is 25.0 Å². The molecule has 38 heavy (non-hydrogen) atoms. The van der Waals surface area contributed by atoms with Crippen molar-refractivity contribution in [1.29, 1.82) is 0 Å². The molecule has 4 fully saturated rings. The summed E-state index contributed by atoms with van der Waals surface area (Å²) in [4.78, 5) is 27.7. The van der Waals surface area contributed by atoms with Crippen LogP contribution in [0.5, 0.6) is 0 Å². The van der Waals surface area contributed by atoms with Gasteiger partial charge in [0.1, 0.15) is 0 Å². The van der Waals surface area contributed by atoms with Crippen molar-refractivity contribution in [3.05, 3.63) is 11.6 Å². The molecule has 0 spiro atoms. The summed E-state index contributed by atoms with van der Waals surface area (Å²) in [6.07, 6.45) is 9.69. The average Bonchev–Trinajstić information content (AvgIpc) is 2.84. The van der Waals surface area contributed by atoms with Crippen molar-refractivity contribution in [2.75, 3.05) is 13.2 Å². The highest BCUT2D eigenvalue weighted by molar-refractivity contribution is 5.95. The van der Waals surface area contributed by atoms with E-state index >= 15 is 0 Å². The maximum Gasteiger partial charge on any atom is 0.251 e. The molecule has 5 aliphatic carbocycles. The lowest BCUT2D eigenvalue weighted by Crippen LogP contribution is -2.66. The summed E-state index contributed by atoms with van der Waals surface area (Å²) in [7, 11) is 0. The highest BCUT2D eigenvalue weighted by Crippen LogP contribution is 2.75. The minimum atomic E-state index is -0.721. The molecule has 6 heteroatoms. The molecular weight excluding hydrogens is 478 g/mol. The van der Waals surface area contributed by atoms with Gasteiger partial charge in [-0.3, -0.25) is 14.8 Å². The van der Waals surface area contributed by atoms with E-state index < -0.39 is 5.41 Å². The van der Waals surface area contributed by atoms with Crippen molar-refractivity contribution < 1.29 is 25.0 Å². The summed E-state index contributed by atoms with van der Waals surface area (Å²) < 4.78 is 0. The number of rotatable bonds is 3. The van der Waals surface area contributed by atoms with E-state index in [2.05, 4.69) is 41.5 Å². The Morgan fingerprint density at radius 3 is 2.29 bits per heavy atom. The van der Waals surface area contributed by atoms with Crippen LogP contribution in [-0.2, 0) is 9.59 Å². The van der Waals surface area contributed by atoms with E-state index in [-0.39, 0.29) is 69.9 Å². The SMILES string of the molecule is CC1(C)C2CC[C@]3(C)[C@H](C(=O)C=C4[C@@H]5C[C@@](C)(C(=O)N(O)CCO)CC[C@]5(C)CC[C@]43C)[C@@]2(C)CC[C@@H]1O. The molecule has 0 bridgehead atoms. The predicted octanol–water partition coefficient (Wildman–Crippen LogP) is 5.54. The van der Waals surface area contributed by atoms with Crippen molar-refractivity contribution >= 4 is 11.7 Å². The largest absolute Gasteiger partial charge is 0.394 e. The van der Waals surface area contributed by atoms with E-state index in [0.29, 0.717) is 23.8 Å². The number of carbonyl (C=O) groups excluding carboxylic acids is 2. The number of amides is 1. The first-order chi connectivity index (χ1) is 17.5. The summed E-state index contributed by atoms with van der Waals surface area (Å²) in [6, 6.07) is 0. The average molecular weight is 530 g/mol. The third kappa shape index (κ3) is 3.54. The summed E-state index contributed by atoms with van der Waals surface area (Å²) in [5.41, 5.74) is -0.0901. The van der Waals surface area contributed by atoms with Gasteiger partial charge in [-0.2, -0.15) is 0 Å². The first kappa shape index (κ1) is 28.3. The third-order valence-corrected chi connectivity index (χ3v) is 13.6. The summed E-state index contributed by atoms with van der Waals surface area (Å²) in [6.45, 7) is 15.5. The number of carbonyl (C=O) groups is 2. The van der Waals surface area contributed by atoms with E-state index in [4.69, 9.17) is 0 Å². The number of hydroxylamine groups is 2. The van der Waals surface area contributed by atoms with Crippen LogP contribution in [0.15, 0.2) is 11.6 Å². The van der Waals surface area contributed by atoms with Crippen LogP contribution in [0, 0.1) is 50.2 Å². The van der Waals surface area contributed by atoms with Crippen LogP contribution in [0.2, 0.25) is 0 Å². The maximum atomic E-state index is 14.4. The van der Waals surface area contributed by atoms with Crippen molar-refractivity contribution in [3.8, 4) is 0 Å². The Kier molecular flexibility index (Phi) is 6.43. The Morgan fingerprint density at radius 2 is 1.63 bits per heavy atom. The van der Waals surface area contributed by atoms with Crippen LogP contribution < -0.4 is 0 Å². The van der Waals surface area contributed by atoms with Crippen LogP contribution in [0.25, 0.3) is 0 Å². The molecule has 0 saturated heterocycles. The smallest absolute Gasteiger partial charge is 0.251 e. The Labute approximate surface area is 229 Å². The standard InChI is InChI=1S/C32H51NO5/c1-27(2)23-8-11-32(7)25(30(23,5)10-9-24(27)36)22(35)18-20-21-19-29(4,26(37)33(38)16-17-34)13-12-28(21,3)14-15-31(20,32)6/h18,21,23-25,34,36,38H,8-17,19H2,1-7H3/t21-,23?,24-,25+,28+,29-,30-,31+,32+/m0/s1. The van der Waals surface area contributed by atoms with Crippen molar-refractivity contribution in [2.24, 2.45) is 50.2 Å². The van der Waals surface area contributed by atoms with Crippen LogP contribution in [0.3, 0.4) is 0 Å². The van der Waals surface area contributed by atoms with Gasteiger partial charge in [0, 0.05) is 11.3 Å². The van der Waals surface area contributed by atoms with Gasteiger partial charge in [-0.05, 0) is 103 Å². The normalized spacial score (nSPS) is 49.6. The highest BCUT2D eigenvalue weighted by atomic mass is 16.5. The molecule has 0 radical (unpaired) electrons. The lowest BCUT2D eigenvalue weighted by molar-refractivity contribution is -0.203. The summed E-state index contributed by atoms with van der Waals surface area (Å²) in [5.74, 6) is 0.303. The minimum Gasteiger partial charge on any atom is -0.394 e. The molecule has 5 rings (SSSR count). The monoisotopic (exact) mass is 529 g/mol. The molecule has 9 atom stereocenters. The number of allylic oxidation sites excluding steroid dienone is 2. The van der Waals surface area contributed by atoms with Gasteiger partial charge >= 0.3 is 0 Å². The van der Waals surface area contributed by atoms with E-state index in [1.54, 1.807) is 0 Å².